The van der Waals surface area contributed by atoms with E-state index in [1.165, 1.54) is 0 Å². The van der Waals surface area contributed by atoms with Crippen LogP contribution in [0.1, 0.15) is 64.5 Å². The highest BCUT2D eigenvalue weighted by Crippen LogP contribution is 2.57. The van der Waals surface area contributed by atoms with E-state index in [1.807, 2.05) is 37.0 Å². The van der Waals surface area contributed by atoms with Gasteiger partial charge in [0.1, 0.15) is 11.3 Å². The summed E-state index contributed by atoms with van der Waals surface area (Å²) in [5.74, 6) is 2.44. The van der Waals surface area contributed by atoms with Gasteiger partial charge in [-0.25, -0.2) is 9.59 Å². The van der Waals surface area contributed by atoms with Crippen molar-refractivity contribution in [2.24, 2.45) is 17.6 Å². The summed E-state index contributed by atoms with van der Waals surface area (Å²) in [6.07, 6.45) is 8.88. The molecule has 0 saturated carbocycles. The predicted octanol–water partition coefficient (Wildman–Crippen LogP) is 5.33. The van der Waals surface area contributed by atoms with Crippen molar-refractivity contribution in [2.75, 3.05) is 31.2 Å². The summed E-state index contributed by atoms with van der Waals surface area (Å²) in [5, 5.41) is 13.4. The molecule has 51 heavy (non-hydrogen) atoms. The van der Waals surface area contributed by atoms with Crippen molar-refractivity contribution in [3.05, 3.63) is 86.1 Å². The molecule has 272 valence electrons. The number of fused-ring (bicyclic) bond motifs is 6. The molecule has 4 N–H and O–H groups in total. The van der Waals surface area contributed by atoms with E-state index in [9.17, 15) is 19.5 Å². The molecule has 0 bridgehead atoms. The third-order valence-electron chi connectivity index (χ3n) is 11.6. The minimum atomic E-state index is -1.14. The molecule has 5 heterocycles. The largest absolute Gasteiger partial charge is 0.481 e. The Morgan fingerprint density at radius 3 is 2.84 bits per heavy atom. The van der Waals surface area contributed by atoms with Crippen LogP contribution in [0.4, 0.5) is 0 Å². The number of carbonyl (C=O) groups is 2. The molecule has 4 aliphatic heterocycles. The van der Waals surface area contributed by atoms with E-state index in [1.54, 1.807) is 40.7 Å². The minimum Gasteiger partial charge on any atom is -0.481 e. The molecule has 1 amide bonds. The molecule has 0 radical (unpaired) electrons. The first-order valence-corrected chi connectivity index (χ1v) is 20.4. The molecule has 7 rings (SSSR count). The summed E-state index contributed by atoms with van der Waals surface area (Å²) in [5.41, 5.74) is 9.13. The molecule has 1 aromatic heterocycles. The molecule has 10 nitrogen and oxygen atoms in total. The Bertz CT molecular complexity index is 1950. The van der Waals surface area contributed by atoms with Crippen molar-refractivity contribution in [1.29, 1.82) is 0 Å². The van der Waals surface area contributed by atoms with Gasteiger partial charge in [-0.1, -0.05) is 46.2 Å². The number of nitrogens with zero attached hydrogens (tertiary/aromatic N) is 1. The van der Waals surface area contributed by atoms with E-state index >= 15 is 0 Å². The van der Waals surface area contributed by atoms with E-state index < -0.39 is 28.7 Å². The Morgan fingerprint density at radius 1 is 1.25 bits per heavy atom. The van der Waals surface area contributed by atoms with Gasteiger partial charge >= 0.3 is 11.6 Å². The van der Waals surface area contributed by atoms with Crippen molar-refractivity contribution in [3.63, 3.8) is 0 Å². The van der Waals surface area contributed by atoms with Gasteiger partial charge in [0, 0.05) is 72.7 Å². The quantitative estimate of drug-likeness (QED) is 0.117. The smallest absolute Gasteiger partial charge is 0.339 e. The number of benzene rings is 1. The third kappa shape index (κ3) is 6.31. The predicted molar refractivity (Wildman–Crippen MR) is 201 cm³/mol. The number of rotatable bonds is 6. The standard InChI is InChI=1S/C39H47N3O7S2/c1-5-22(3)36(45)49-38(4)10-9-25-20-50-51-21-30-23(6-2)19-42(30)34(44)14-28-18-41-33(40)15-29(28)35(25)39(38)17-27-13-26-12-24(8-7-11-43)37(46)47-31(26)16-32(27)48-39/h5,9,12-13,15-16,23,30,35,41,43H,6-8,10-11,14,17-21,40H2,1-4H3. The van der Waals surface area contributed by atoms with E-state index in [4.69, 9.17) is 19.6 Å². The Morgan fingerprint density at radius 2 is 2.08 bits per heavy atom. The topological polar surface area (TPSA) is 144 Å². The lowest BCUT2D eigenvalue weighted by molar-refractivity contribution is -0.186. The third-order valence-corrected chi connectivity index (χ3v) is 13.9. The Hall–Kier alpha value is -3.61. The normalized spacial score (nSPS) is 29.3. The zero-order valence-electron chi connectivity index (χ0n) is 29.7. The summed E-state index contributed by atoms with van der Waals surface area (Å²) in [7, 11) is 3.59. The number of nitrogens with two attached hydrogens (primary N) is 1. The van der Waals surface area contributed by atoms with Crippen molar-refractivity contribution in [3.8, 4) is 5.75 Å². The second kappa shape index (κ2) is 14.1. The maximum absolute atomic E-state index is 14.0. The lowest BCUT2D eigenvalue weighted by atomic mass is 9.61. The van der Waals surface area contributed by atoms with Crippen LogP contribution in [0.15, 0.2) is 73.8 Å². The molecule has 5 unspecified atom stereocenters. The molecule has 2 aromatic rings. The van der Waals surface area contributed by atoms with Crippen LogP contribution >= 0.6 is 21.6 Å². The number of aliphatic hydroxyl groups is 1. The molecule has 1 saturated heterocycles. The number of hydrogen-bond acceptors (Lipinski definition) is 11. The fourth-order valence-corrected chi connectivity index (χ4v) is 10.9. The first-order chi connectivity index (χ1) is 24.5. The van der Waals surface area contributed by atoms with Crippen molar-refractivity contribution >= 4 is 44.4 Å². The van der Waals surface area contributed by atoms with Gasteiger partial charge in [-0.3, -0.25) is 4.79 Å². The van der Waals surface area contributed by atoms with E-state index in [2.05, 4.69) is 18.3 Å². The van der Waals surface area contributed by atoms with Gasteiger partial charge in [0.25, 0.3) is 0 Å². The Balaban J connectivity index is 1.39. The number of aliphatic hydroxyl groups excluding tert-OH is 1. The lowest BCUT2D eigenvalue weighted by Crippen LogP contribution is -2.65. The second-order valence-corrected chi connectivity index (χ2v) is 17.1. The first-order valence-electron chi connectivity index (χ1n) is 17.9. The summed E-state index contributed by atoms with van der Waals surface area (Å²) < 4.78 is 19.6. The highest BCUT2D eigenvalue weighted by Gasteiger charge is 2.64. The number of hydrogen-bond donors (Lipinski definition) is 3. The number of dihydropyridines is 1. The van der Waals surface area contributed by atoms with Crippen LogP contribution in [0, 0.1) is 11.8 Å². The van der Waals surface area contributed by atoms with Crippen LogP contribution in [-0.4, -0.2) is 70.3 Å². The van der Waals surface area contributed by atoms with Crippen molar-refractivity contribution in [2.45, 2.75) is 83.5 Å². The van der Waals surface area contributed by atoms with Gasteiger partial charge in [0.2, 0.25) is 5.91 Å². The average molecular weight is 734 g/mol. The number of allylic oxidation sites excluding steroid dienone is 2. The van der Waals surface area contributed by atoms with Gasteiger partial charge in [-0.05, 0) is 80.9 Å². The highest BCUT2D eigenvalue weighted by molar-refractivity contribution is 8.76. The van der Waals surface area contributed by atoms with Crippen molar-refractivity contribution < 1.29 is 28.6 Å². The zero-order chi connectivity index (χ0) is 36.1. The van der Waals surface area contributed by atoms with Crippen LogP contribution in [0.3, 0.4) is 0 Å². The molecule has 1 fully saturated rings. The lowest BCUT2D eigenvalue weighted by Gasteiger charge is -2.53. The molecular weight excluding hydrogens is 687 g/mol. The minimum absolute atomic E-state index is 0.0220. The van der Waals surface area contributed by atoms with Crippen LogP contribution in [0.2, 0.25) is 0 Å². The Kier molecular flexibility index (Phi) is 9.88. The van der Waals surface area contributed by atoms with Gasteiger partial charge in [-0.2, -0.15) is 0 Å². The molecule has 5 atom stereocenters. The zero-order valence-corrected chi connectivity index (χ0v) is 31.3. The summed E-state index contributed by atoms with van der Waals surface area (Å²) in [4.78, 5) is 42.6. The first kappa shape index (κ1) is 35.8. The van der Waals surface area contributed by atoms with Crippen molar-refractivity contribution in [1.82, 2.24) is 10.2 Å². The molecule has 1 aliphatic carbocycles. The molecule has 12 heteroatoms. The van der Waals surface area contributed by atoms with E-state index in [0.717, 1.165) is 52.1 Å². The highest BCUT2D eigenvalue weighted by atomic mass is 33.1. The van der Waals surface area contributed by atoms with Crippen LogP contribution in [0.5, 0.6) is 5.75 Å². The number of aryl methyl sites for hydroxylation is 1. The van der Waals surface area contributed by atoms with Crippen LogP contribution in [0.25, 0.3) is 11.0 Å². The molecule has 1 aromatic carbocycles. The van der Waals surface area contributed by atoms with Gasteiger partial charge in [0.05, 0.1) is 18.2 Å². The van der Waals surface area contributed by atoms with E-state index in [0.29, 0.717) is 66.4 Å². The Labute approximate surface area is 306 Å². The fraction of sp³-hybridized carbons (Fsp3) is 0.513. The average Bonchev–Trinajstić information content (AvgIpc) is 3.46. The van der Waals surface area contributed by atoms with Gasteiger partial charge < -0.3 is 34.9 Å². The molecule has 1 spiro atoms. The number of amides is 1. The maximum atomic E-state index is 14.0. The summed E-state index contributed by atoms with van der Waals surface area (Å²) >= 11 is 0. The molecular formula is C39H47N3O7S2. The summed E-state index contributed by atoms with van der Waals surface area (Å²) in [6, 6.07) is 5.84. The van der Waals surface area contributed by atoms with Crippen LogP contribution < -0.4 is 21.4 Å². The number of carbonyl (C=O) groups excluding carboxylic acids is 2. The summed E-state index contributed by atoms with van der Waals surface area (Å²) in [6.45, 7) is 8.89. The monoisotopic (exact) mass is 733 g/mol. The number of esters is 1. The SMILES string of the molecule is CC=C(C)C(=O)OC1(C)CC=C2CSSCC3C(CC)CN3C(=O)CC3=C(C=C(N)NC3)C2C12Cc1cc3cc(CCCO)c(=O)oc3cc1O2. The van der Waals surface area contributed by atoms with Gasteiger partial charge in [0.15, 0.2) is 11.2 Å². The fourth-order valence-electron chi connectivity index (χ4n) is 8.37. The molecule has 5 aliphatic rings. The maximum Gasteiger partial charge on any atom is 0.339 e. The second-order valence-electron chi connectivity index (χ2n) is 14.6. The number of ether oxygens (including phenoxy) is 2. The van der Waals surface area contributed by atoms with E-state index in [-0.39, 0.29) is 25.0 Å². The van der Waals surface area contributed by atoms with Crippen LogP contribution in [-0.2, 0) is 27.2 Å². The van der Waals surface area contributed by atoms with Gasteiger partial charge in [-0.15, -0.1) is 0 Å². The number of nitrogens with one attached hydrogen (secondary N) is 1.